The summed E-state index contributed by atoms with van der Waals surface area (Å²) in [4.78, 5) is 0. The van der Waals surface area contributed by atoms with Crippen molar-refractivity contribution in [3.05, 3.63) is 0 Å². The first-order chi connectivity index (χ1) is 5.31. The number of rotatable bonds is 0. The monoisotopic (exact) mass is 104 g/mol. The van der Waals surface area contributed by atoms with Crippen molar-refractivity contribution < 1.29 is 6.85 Å². The second-order valence-electron chi connectivity index (χ2n) is 1.77. The molecule has 0 aromatic carbocycles. The largest absolute Gasteiger partial charge is 0.314 e. The zero-order valence-corrected chi connectivity index (χ0v) is 4.20. The normalized spacial score (nSPS) is 52.6. The van der Waals surface area contributed by atoms with Crippen LogP contribution in [0.15, 0.2) is 0 Å². The maximum absolute atomic E-state index is 7.34. The molecule has 1 heteroatoms. The Bertz CT molecular complexity index is 161. The van der Waals surface area contributed by atoms with Crippen LogP contribution in [0.3, 0.4) is 0 Å². The Morgan fingerprint density at radius 2 is 2.86 bits per heavy atom. The van der Waals surface area contributed by atoms with E-state index in [2.05, 4.69) is 5.32 Å². The van der Waals surface area contributed by atoms with E-state index in [-0.39, 0.29) is 0 Å². The van der Waals surface area contributed by atoms with Crippen molar-refractivity contribution in [2.75, 3.05) is 6.50 Å². The van der Waals surface area contributed by atoms with E-state index in [1.54, 1.807) is 0 Å². The first kappa shape index (κ1) is 1.73. The van der Waals surface area contributed by atoms with E-state index in [0.717, 1.165) is 0 Å². The molecule has 0 aromatic heterocycles. The number of hydrogen-bond donors (Lipinski definition) is 1. The fraction of sp³-hybridized carbons (Fsp3) is 1.00. The molecular formula is C6H13N. The lowest BCUT2D eigenvalue weighted by atomic mass is 10.1. The van der Waals surface area contributed by atoms with Gasteiger partial charge in [-0.25, -0.2) is 0 Å². The maximum atomic E-state index is 7.34. The molecule has 1 rings (SSSR count). The summed E-state index contributed by atoms with van der Waals surface area (Å²) < 4.78 is 36.0. The Labute approximate surface area is 52.1 Å². The lowest BCUT2D eigenvalue weighted by molar-refractivity contribution is 0.425. The van der Waals surface area contributed by atoms with Gasteiger partial charge in [0.25, 0.3) is 0 Å². The van der Waals surface area contributed by atoms with E-state index in [0.29, 0.717) is 19.3 Å². The van der Waals surface area contributed by atoms with Crippen molar-refractivity contribution in [1.29, 1.82) is 0 Å². The Balaban J connectivity index is 2.58. The zero-order valence-electron chi connectivity index (χ0n) is 9.20. The number of hydrogen-bond acceptors (Lipinski definition) is 1. The molecule has 1 atom stereocenters. The Morgan fingerprint density at radius 3 is 3.43 bits per heavy atom. The standard InChI is InChI=1S/C6H13N/c1-6-4-2-3-5-7-6/h6-7H,2-5H2,1H3/i1D3,5D2. The van der Waals surface area contributed by atoms with E-state index < -0.39 is 19.4 Å². The second kappa shape index (κ2) is 2.31. The molecule has 0 amide bonds. The predicted molar refractivity (Wildman–Crippen MR) is 31.3 cm³/mol. The van der Waals surface area contributed by atoms with Crippen molar-refractivity contribution in [2.24, 2.45) is 0 Å². The summed E-state index contributed by atoms with van der Waals surface area (Å²) in [6, 6.07) is -0.679. The summed E-state index contributed by atoms with van der Waals surface area (Å²) in [5, 5.41) is 2.50. The number of piperidine rings is 1. The van der Waals surface area contributed by atoms with Crippen LogP contribution in [0.5, 0.6) is 0 Å². The smallest absolute Gasteiger partial charge is 0.0428 e. The van der Waals surface area contributed by atoms with Crippen LogP contribution in [-0.2, 0) is 0 Å². The molecule has 0 aromatic rings. The van der Waals surface area contributed by atoms with Crippen molar-refractivity contribution in [1.82, 2.24) is 5.32 Å². The fourth-order valence-electron chi connectivity index (χ4n) is 0.662. The van der Waals surface area contributed by atoms with E-state index in [9.17, 15) is 0 Å². The summed E-state index contributed by atoms with van der Waals surface area (Å²) in [6.45, 7) is -3.58. The molecule has 1 N–H and O–H groups in total. The Hall–Kier alpha value is -0.0400. The highest BCUT2D eigenvalue weighted by molar-refractivity contribution is 4.65. The molecule has 0 aliphatic carbocycles. The molecule has 0 spiro atoms. The van der Waals surface area contributed by atoms with Crippen molar-refractivity contribution in [3.63, 3.8) is 0 Å². The minimum absolute atomic E-state index is 0.402. The van der Waals surface area contributed by atoms with Crippen LogP contribution in [0.25, 0.3) is 0 Å². The fourth-order valence-corrected chi connectivity index (χ4v) is 0.662. The Morgan fingerprint density at radius 1 is 1.86 bits per heavy atom. The van der Waals surface area contributed by atoms with Gasteiger partial charge in [-0.1, -0.05) is 6.42 Å². The molecule has 42 valence electrons. The highest BCUT2D eigenvalue weighted by Gasteiger charge is 2.04. The number of nitrogens with one attached hydrogen (secondary N) is 1. The van der Waals surface area contributed by atoms with E-state index >= 15 is 0 Å². The molecular weight excluding hydrogens is 86.1 g/mol. The van der Waals surface area contributed by atoms with Crippen molar-refractivity contribution >= 4 is 0 Å². The average molecular weight is 104 g/mol. The molecule has 7 heavy (non-hydrogen) atoms. The van der Waals surface area contributed by atoms with Crippen LogP contribution in [0, 0.1) is 0 Å². The van der Waals surface area contributed by atoms with Gasteiger partial charge in [0.1, 0.15) is 0 Å². The van der Waals surface area contributed by atoms with E-state index in [1.807, 2.05) is 0 Å². The maximum Gasteiger partial charge on any atom is 0.0428 e. The second-order valence-corrected chi connectivity index (χ2v) is 1.77. The summed E-state index contributed by atoms with van der Waals surface area (Å²) >= 11 is 0. The SMILES string of the molecule is [2H]C1([2H])CCCC(C([2H])([2H])[2H])N1. The van der Waals surface area contributed by atoms with Gasteiger partial charge in [-0.3, -0.25) is 0 Å². The van der Waals surface area contributed by atoms with Gasteiger partial charge in [-0.05, 0) is 26.2 Å². The van der Waals surface area contributed by atoms with Gasteiger partial charge in [0.05, 0.1) is 0 Å². The molecule has 1 aliphatic heterocycles. The van der Waals surface area contributed by atoms with Crippen LogP contribution < -0.4 is 5.32 Å². The van der Waals surface area contributed by atoms with Gasteiger partial charge < -0.3 is 5.32 Å². The molecule has 0 radical (unpaired) electrons. The summed E-state index contributed by atoms with van der Waals surface area (Å²) in [6.07, 6.45) is 1.58. The molecule has 1 unspecified atom stereocenters. The van der Waals surface area contributed by atoms with Crippen molar-refractivity contribution in [2.45, 2.75) is 32.2 Å². The summed E-state index contributed by atoms with van der Waals surface area (Å²) in [5.74, 6) is 0. The molecule has 1 nitrogen and oxygen atoms in total. The lowest BCUT2D eigenvalue weighted by Crippen LogP contribution is -2.30. The van der Waals surface area contributed by atoms with Gasteiger partial charge in [-0.15, -0.1) is 0 Å². The molecule has 0 saturated carbocycles. The van der Waals surface area contributed by atoms with E-state index in [4.69, 9.17) is 6.85 Å². The molecule has 0 bridgehead atoms. The van der Waals surface area contributed by atoms with Crippen LogP contribution in [0.2, 0.25) is 0 Å². The lowest BCUT2D eigenvalue weighted by Gasteiger charge is -2.18. The average Bonchev–Trinajstić information content (AvgIpc) is 1.83. The van der Waals surface area contributed by atoms with Crippen LogP contribution in [0.1, 0.15) is 33.0 Å². The van der Waals surface area contributed by atoms with Crippen molar-refractivity contribution in [3.8, 4) is 0 Å². The molecule has 1 saturated heterocycles. The first-order valence-corrected chi connectivity index (χ1v) is 2.59. The third kappa shape index (κ3) is 1.48. The topological polar surface area (TPSA) is 12.0 Å². The van der Waals surface area contributed by atoms with Gasteiger partial charge in [0.2, 0.25) is 0 Å². The predicted octanol–water partition coefficient (Wildman–Crippen LogP) is 1.15. The van der Waals surface area contributed by atoms with Crippen LogP contribution in [0.4, 0.5) is 0 Å². The minimum Gasteiger partial charge on any atom is -0.314 e. The Kier molecular flexibility index (Phi) is 0.571. The van der Waals surface area contributed by atoms with E-state index in [1.165, 1.54) is 0 Å². The summed E-state index contributed by atoms with van der Waals surface area (Å²) in [5.41, 5.74) is 0. The van der Waals surface area contributed by atoms with Gasteiger partial charge in [0.15, 0.2) is 0 Å². The van der Waals surface area contributed by atoms with Gasteiger partial charge in [-0.2, -0.15) is 0 Å². The first-order valence-electron chi connectivity index (χ1n) is 5.09. The zero-order chi connectivity index (χ0) is 9.41. The third-order valence-corrected chi connectivity index (χ3v) is 1.07. The minimum atomic E-state index is -2.08. The van der Waals surface area contributed by atoms with Crippen LogP contribution >= 0.6 is 0 Å². The summed E-state index contributed by atoms with van der Waals surface area (Å²) in [7, 11) is 0. The molecule has 1 fully saturated rings. The molecule has 1 aliphatic rings. The third-order valence-electron chi connectivity index (χ3n) is 1.07. The quantitative estimate of drug-likeness (QED) is 0.486. The highest BCUT2D eigenvalue weighted by atomic mass is 14.9. The van der Waals surface area contributed by atoms with Crippen LogP contribution in [-0.4, -0.2) is 12.5 Å². The molecule has 1 heterocycles. The van der Waals surface area contributed by atoms with Gasteiger partial charge in [0, 0.05) is 12.9 Å². The van der Waals surface area contributed by atoms with Gasteiger partial charge >= 0.3 is 0 Å². The highest BCUT2D eigenvalue weighted by Crippen LogP contribution is 2.04.